The van der Waals surface area contributed by atoms with Crippen LogP contribution < -0.4 is 19.1 Å². The molecule has 232 valence electrons. The number of ether oxygens (including phenoxy) is 2. The van der Waals surface area contributed by atoms with Crippen molar-refractivity contribution in [3.63, 3.8) is 0 Å². The second kappa shape index (κ2) is 14.3. The van der Waals surface area contributed by atoms with Gasteiger partial charge in [-0.2, -0.15) is 0 Å². The Balaban J connectivity index is 2.12. The van der Waals surface area contributed by atoms with Crippen LogP contribution in [-0.4, -0.2) is 58.0 Å². The smallest absolute Gasteiger partial charge is 0.264 e. The average molecular weight is 651 g/mol. The Labute approximate surface area is 263 Å². The minimum Gasteiger partial charge on any atom is -0.493 e. The second-order valence-electron chi connectivity index (χ2n) is 10.5. The molecule has 0 saturated carbocycles. The number of aryl methyl sites for hydroxylation is 2. The molecule has 0 aliphatic carbocycles. The number of halogens is 2. The van der Waals surface area contributed by atoms with Crippen molar-refractivity contribution in [2.24, 2.45) is 0 Å². The van der Waals surface area contributed by atoms with Gasteiger partial charge in [-0.15, -0.1) is 0 Å². The van der Waals surface area contributed by atoms with E-state index >= 15 is 0 Å². The maximum Gasteiger partial charge on any atom is 0.264 e. The molecule has 3 aromatic carbocycles. The number of rotatable bonds is 12. The quantitative estimate of drug-likeness (QED) is 0.267. The molecule has 0 bridgehead atoms. The van der Waals surface area contributed by atoms with Crippen molar-refractivity contribution < 1.29 is 27.5 Å². The highest BCUT2D eigenvalue weighted by molar-refractivity contribution is 7.92. The molecule has 43 heavy (non-hydrogen) atoms. The number of sulfonamides is 1. The minimum absolute atomic E-state index is 0.0144. The lowest BCUT2D eigenvalue weighted by Gasteiger charge is -2.32. The van der Waals surface area contributed by atoms with E-state index in [2.05, 4.69) is 5.32 Å². The third-order valence-electron chi connectivity index (χ3n) is 6.65. The Morgan fingerprint density at radius 3 is 2.05 bits per heavy atom. The first-order valence-electron chi connectivity index (χ1n) is 13.5. The summed E-state index contributed by atoms with van der Waals surface area (Å²) >= 11 is 12.3. The Hall–Kier alpha value is -3.47. The van der Waals surface area contributed by atoms with Gasteiger partial charge in [0.1, 0.15) is 12.6 Å². The lowest BCUT2D eigenvalue weighted by Crippen LogP contribution is -2.52. The van der Waals surface area contributed by atoms with Gasteiger partial charge in [0.2, 0.25) is 11.8 Å². The zero-order valence-electron chi connectivity index (χ0n) is 25.3. The summed E-state index contributed by atoms with van der Waals surface area (Å²) in [5, 5.41) is 3.46. The highest BCUT2D eigenvalue weighted by Gasteiger charge is 2.33. The lowest BCUT2D eigenvalue weighted by molar-refractivity contribution is -0.139. The van der Waals surface area contributed by atoms with E-state index in [0.717, 1.165) is 15.4 Å². The fourth-order valence-corrected chi connectivity index (χ4v) is 6.28. The normalized spacial score (nSPS) is 12.0. The minimum atomic E-state index is -4.31. The van der Waals surface area contributed by atoms with Crippen LogP contribution in [0.3, 0.4) is 0 Å². The number of hydrogen-bond acceptors (Lipinski definition) is 6. The molecule has 0 radical (unpaired) electrons. The summed E-state index contributed by atoms with van der Waals surface area (Å²) in [4.78, 5) is 28.4. The number of carbonyl (C=O) groups excluding carboxylic acids is 2. The van der Waals surface area contributed by atoms with Gasteiger partial charge in [-0.05, 0) is 87.7 Å². The molecule has 0 unspecified atom stereocenters. The van der Waals surface area contributed by atoms with Crippen molar-refractivity contribution in [3.05, 3.63) is 81.3 Å². The van der Waals surface area contributed by atoms with Crippen LogP contribution in [0.25, 0.3) is 0 Å². The van der Waals surface area contributed by atoms with E-state index in [4.69, 9.17) is 32.7 Å². The lowest BCUT2D eigenvalue weighted by atomic mass is 10.1. The van der Waals surface area contributed by atoms with Crippen LogP contribution in [0.2, 0.25) is 10.0 Å². The number of methoxy groups -OCH3 is 2. The molecule has 2 amide bonds. The van der Waals surface area contributed by atoms with Gasteiger partial charge in [-0.1, -0.05) is 35.3 Å². The van der Waals surface area contributed by atoms with Crippen LogP contribution in [0.1, 0.15) is 37.5 Å². The zero-order valence-corrected chi connectivity index (χ0v) is 27.6. The molecule has 0 fully saturated rings. The molecule has 1 atom stereocenters. The van der Waals surface area contributed by atoms with Gasteiger partial charge in [-0.25, -0.2) is 8.42 Å². The number of anilines is 1. The van der Waals surface area contributed by atoms with Crippen LogP contribution in [0.15, 0.2) is 59.5 Å². The Morgan fingerprint density at radius 1 is 0.860 bits per heavy atom. The summed E-state index contributed by atoms with van der Waals surface area (Å²) < 4.78 is 40.1. The molecule has 0 aromatic heterocycles. The number of nitrogens with one attached hydrogen (secondary N) is 1. The molecule has 0 aliphatic heterocycles. The summed E-state index contributed by atoms with van der Waals surface area (Å²) in [6.07, 6.45) is 0. The van der Waals surface area contributed by atoms with E-state index in [-0.39, 0.29) is 29.1 Å². The van der Waals surface area contributed by atoms with Crippen molar-refractivity contribution in [3.8, 4) is 11.5 Å². The molecule has 1 N–H and O–H groups in total. The summed E-state index contributed by atoms with van der Waals surface area (Å²) in [7, 11) is -1.46. The Kier molecular flexibility index (Phi) is 11.3. The Morgan fingerprint density at radius 2 is 1.49 bits per heavy atom. The average Bonchev–Trinajstić information content (AvgIpc) is 2.94. The van der Waals surface area contributed by atoms with Crippen LogP contribution >= 0.6 is 23.2 Å². The molecule has 0 saturated heterocycles. The number of benzene rings is 3. The molecule has 9 nitrogen and oxygen atoms in total. The third kappa shape index (κ3) is 8.34. The topological polar surface area (TPSA) is 105 Å². The third-order valence-corrected chi connectivity index (χ3v) is 9.16. The van der Waals surface area contributed by atoms with E-state index in [1.54, 1.807) is 37.3 Å². The van der Waals surface area contributed by atoms with Gasteiger partial charge in [0.15, 0.2) is 11.5 Å². The first-order chi connectivity index (χ1) is 20.2. The highest BCUT2D eigenvalue weighted by Crippen LogP contribution is 2.33. The first-order valence-corrected chi connectivity index (χ1v) is 15.7. The molecule has 3 rings (SSSR count). The summed E-state index contributed by atoms with van der Waals surface area (Å²) in [6.45, 7) is 8.31. The van der Waals surface area contributed by atoms with Gasteiger partial charge < -0.3 is 19.7 Å². The van der Waals surface area contributed by atoms with Crippen molar-refractivity contribution in [1.29, 1.82) is 0 Å². The van der Waals surface area contributed by atoms with Gasteiger partial charge in [0.05, 0.1) is 34.8 Å². The van der Waals surface area contributed by atoms with Crippen molar-refractivity contribution in [1.82, 2.24) is 10.2 Å². The van der Waals surface area contributed by atoms with Crippen molar-refractivity contribution >= 4 is 50.7 Å². The van der Waals surface area contributed by atoms with Crippen LogP contribution in [0, 0.1) is 13.8 Å². The van der Waals surface area contributed by atoms with Crippen LogP contribution in [0.5, 0.6) is 11.5 Å². The maximum atomic E-state index is 14.2. The molecular formula is C31H37Cl2N3O6S. The zero-order chi connectivity index (χ0) is 32.1. The number of nitrogens with zero attached hydrogens (tertiary/aromatic N) is 2. The number of amides is 2. The predicted octanol–water partition coefficient (Wildman–Crippen LogP) is 5.76. The fourth-order valence-electron chi connectivity index (χ4n) is 4.55. The largest absolute Gasteiger partial charge is 0.493 e. The Bertz CT molecular complexity index is 1580. The fraction of sp³-hybridized carbons (Fsp3) is 0.355. The van der Waals surface area contributed by atoms with Crippen molar-refractivity contribution in [2.45, 2.75) is 58.1 Å². The van der Waals surface area contributed by atoms with Crippen molar-refractivity contribution in [2.75, 3.05) is 25.1 Å². The summed E-state index contributed by atoms with van der Waals surface area (Å²) in [6, 6.07) is 13.3. The van der Waals surface area contributed by atoms with Crippen LogP contribution in [-0.2, 0) is 26.2 Å². The van der Waals surface area contributed by atoms with E-state index in [1.165, 1.54) is 37.3 Å². The molecule has 0 heterocycles. The second-order valence-corrected chi connectivity index (χ2v) is 13.2. The van der Waals surface area contributed by atoms with Gasteiger partial charge in [-0.3, -0.25) is 13.9 Å². The van der Waals surface area contributed by atoms with E-state index in [1.807, 2.05) is 33.8 Å². The SMILES string of the molecule is COc1ccc(S(=O)(=O)N(CC(=O)N(Cc2ccc(Cl)c(Cl)c2)[C@@H](C)C(=O)NC(C)C)c2cc(C)cc(C)c2)cc1OC. The van der Waals surface area contributed by atoms with E-state index < -0.39 is 28.5 Å². The van der Waals surface area contributed by atoms with Crippen LogP contribution in [0.4, 0.5) is 5.69 Å². The summed E-state index contributed by atoms with van der Waals surface area (Å²) in [5.41, 5.74) is 2.54. The first kappa shape index (κ1) is 34.0. The number of hydrogen-bond donors (Lipinski definition) is 1. The highest BCUT2D eigenvalue weighted by atomic mass is 35.5. The monoisotopic (exact) mass is 649 g/mol. The van der Waals surface area contributed by atoms with Gasteiger partial charge >= 0.3 is 0 Å². The standard InChI is InChI=1S/C31H37Cl2N3O6S/c1-19(2)34-31(38)22(5)35(17-23-8-10-26(32)27(33)15-23)30(37)18-36(24-13-20(3)12-21(4)14-24)43(39,40)25-9-11-28(41-6)29(16-25)42-7/h8-16,19,22H,17-18H2,1-7H3,(H,34,38)/t22-/m0/s1. The molecule has 12 heteroatoms. The van der Waals surface area contributed by atoms with Gasteiger partial charge in [0.25, 0.3) is 10.0 Å². The maximum absolute atomic E-state index is 14.2. The molecular weight excluding hydrogens is 613 g/mol. The molecule has 3 aromatic rings. The molecule has 0 aliphatic rings. The van der Waals surface area contributed by atoms with E-state index in [9.17, 15) is 18.0 Å². The molecule has 0 spiro atoms. The van der Waals surface area contributed by atoms with E-state index in [0.29, 0.717) is 27.0 Å². The predicted molar refractivity (Wildman–Crippen MR) is 170 cm³/mol. The van der Waals surface area contributed by atoms with Gasteiger partial charge in [0, 0.05) is 18.7 Å². The summed E-state index contributed by atoms with van der Waals surface area (Å²) in [5.74, 6) is -0.409. The number of carbonyl (C=O) groups is 2.